The van der Waals surface area contributed by atoms with Crippen LogP contribution >= 0.6 is 0 Å². The molecule has 1 aliphatic rings. The number of nitrogens with two attached hydrogens (primary N) is 1. The molecule has 0 aromatic heterocycles. The van der Waals surface area contributed by atoms with Crippen LogP contribution in [0, 0.1) is 6.92 Å². The van der Waals surface area contributed by atoms with E-state index in [9.17, 15) is 0 Å². The molecule has 1 atom stereocenters. The predicted octanol–water partition coefficient (Wildman–Crippen LogP) is 2.11. The average Bonchev–Trinajstić information content (AvgIpc) is 2.40. The zero-order valence-electron chi connectivity index (χ0n) is 11.6. The fourth-order valence-corrected chi connectivity index (χ4v) is 2.52. The maximum absolute atomic E-state index is 6.47. The Hall–Kier alpha value is -0.900. The van der Waals surface area contributed by atoms with E-state index in [1.54, 1.807) is 0 Å². The molecule has 0 amide bonds. The highest BCUT2D eigenvalue weighted by Gasteiger charge is 2.34. The summed E-state index contributed by atoms with van der Waals surface area (Å²) < 4.78 is 5.41. The summed E-state index contributed by atoms with van der Waals surface area (Å²) in [6, 6.07) is 8.57. The maximum atomic E-state index is 6.47. The van der Waals surface area contributed by atoms with Crippen LogP contribution < -0.4 is 5.73 Å². The Balaban J connectivity index is 2.14. The highest BCUT2D eigenvalue weighted by Crippen LogP contribution is 2.29. The van der Waals surface area contributed by atoms with E-state index in [0.29, 0.717) is 0 Å². The van der Waals surface area contributed by atoms with Gasteiger partial charge in [-0.15, -0.1) is 0 Å². The Morgan fingerprint density at radius 1 is 1.17 bits per heavy atom. The Morgan fingerprint density at radius 2 is 1.72 bits per heavy atom. The van der Waals surface area contributed by atoms with E-state index in [1.807, 2.05) is 0 Å². The van der Waals surface area contributed by atoms with Crippen LogP contribution in [0.2, 0.25) is 0 Å². The summed E-state index contributed by atoms with van der Waals surface area (Å²) in [5.74, 6) is 0. The molecule has 0 saturated carbocycles. The van der Waals surface area contributed by atoms with E-state index in [4.69, 9.17) is 10.5 Å². The Labute approximate surface area is 110 Å². The molecule has 0 radical (unpaired) electrons. The number of aryl methyl sites for hydroxylation is 1. The van der Waals surface area contributed by atoms with Crippen LogP contribution in [0.1, 0.15) is 31.0 Å². The van der Waals surface area contributed by atoms with Crippen molar-refractivity contribution in [3.05, 3.63) is 35.4 Å². The van der Waals surface area contributed by atoms with Crippen LogP contribution in [-0.4, -0.2) is 36.7 Å². The fraction of sp³-hybridized carbons (Fsp3) is 0.600. The molecule has 2 rings (SSSR count). The standard InChI is InChI=1S/C15H24N2O/c1-12-4-6-13(7-5-12)14(16)15(2,3)17-8-10-18-11-9-17/h4-7,14H,8-11,16H2,1-3H3. The van der Waals surface area contributed by atoms with Gasteiger partial charge in [0.1, 0.15) is 0 Å². The fourth-order valence-electron chi connectivity index (χ4n) is 2.52. The van der Waals surface area contributed by atoms with Crippen molar-refractivity contribution in [1.29, 1.82) is 0 Å². The van der Waals surface area contributed by atoms with Crippen molar-refractivity contribution in [2.75, 3.05) is 26.3 Å². The van der Waals surface area contributed by atoms with Gasteiger partial charge in [-0.1, -0.05) is 29.8 Å². The molecule has 1 aromatic carbocycles. The first-order valence-electron chi connectivity index (χ1n) is 6.67. The van der Waals surface area contributed by atoms with E-state index in [0.717, 1.165) is 26.3 Å². The van der Waals surface area contributed by atoms with Crippen molar-refractivity contribution in [2.24, 2.45) is 5.73 Å². The van der Waals surface area contributed by atoms with E-state index >= 15 is 0 Å². The molecule has 1 fully saturated rings. The molecule has 0 bridgehead atoms. The molecule has 2 N–H and O–H groups in total. The molecular formula is C15H24N2O. The third kappa shape index (κ3) is 2.74. The third-order valence-corrected chi connectivity index (χ3v) is 4.02. The summed E-state index contributed by atoms with van der Waals surface area (Å²) in [5, 5.41) is 0. The van der Waals surface area contributed by atoms with Gasteiger partial charge >= 0.3 is 0 Å². The predicted molar refractivity (Wildman–Crippen MR) is 74.6 cm³/mol. The van der Waals surface area contributed by atoms with Gasteiger partial charge in [0.2, 0.25) is 0 Å². The van der Waals surface area contributed by atoms with Gasteiger partial charge in [0.25, 0.3) is 0 Å². The quantitative estimate of drug-likeness (QED) is 0.890. The molecule has 1 heterocycles. The minimum atomic E-state index is -0.0426. The van der Waals surface area contributed by atoms with Crippen molar-refractivity contribution in [3.63, 3.8) is 0 Å². The minimum absolute atomic E-state index is 0.0243. The van der Waals surface area contributed by atoms with Crippen LogP contribution in [0.25, 0.3) is 0 Å². The number of rotatable bonds is 3. The van der Waals surface area contributed by atoms with E-state index in [1.165, 1.54) is 11.1 Å². The van der Waals surface area contributed by atoms with Crippen LogP contribution in [-0.2, 0) is 4.74 Å². The van der Waals surface area contributed by atoms with Crippen LogP contribution in [0.4, 0.5) is 0 Å². The molecule has 0 aliphatic carbocycles. The summed E-state index contributed by atoms with van der Waals surface area (Å²) in [7, 11) is 0. The lowest BCUT2D eigenvalue weighted by Gasteiger charge is -2.44. The lowest BCUT2D eigenvalue weighted by Crippen LogP contribution is -2.55. The SMILES string of the molecule is Cc1ccc(C(N)C(C)(C)N2CCOCC2)cc1. The van der Waals surface area contributed by atoms with Crippen LogP contribution in [0.15, 0.2) is 24.3 Å². The molecular weight excluding hydrogens is 224 g/mol. The first-order valence-corrected chi connectivity index (χ1v) is 6.67. The van der Waals surface area contributed by atoms with Crippen LogP contribution in [0.3, 0.4) is 0 Å². The normalized spacial score (nSPS) is 19.8. The summed E-state index contributed by atoms with van der Waals surface area (Å²) in [4.78, 5) is 2.43. The number of hydrogen-bond acceptors (Lipinski definition) is 3. The molecule has 1 saturated heterocycles. The Bertz CT molecular complexity index is 380. The molecule has 3 heteroatoms. The second-order valence-corrected chi connectivity index (χ2v) is 5.64. The minimum Gasteiger partial charge on any atom is -0.379 e. The summed E-state index contributed by atoms with van der Waals surface area (Å²) in [6.07, 6.45) is 0. The lowest BCUT2D eigenvalue weighted by molar-refractivity contribution is -0.0190. The first kappa shape index (κ1) is 13.5. The van der Waals surface area contributed by atoms with E-state index in [-0.39, 0.29) is 11.6 Å². The van der Waals surface area contributed by atoms with Gasteiger partial charge in [-0.3, -0.25) is 4.90 Å². The molecule has 0 spiro atoms. The molecule has 1 unspecified atom stereocenters. The van der Waals surface area contributed by atoms with E-state index in [2.05, 4.69) is 49.9 Å². The monoisotopic (exact) mass is 248 g/mol. The summed E-state index contributed by atoms with van der Waals surface area (Å²) >= 11 is 0. The molecule has 18 heavy (non-hydrogen) atoms. The number of morpholine rings is 1. The Morgan fingerprint density at radius 3 is 2.28 bits per heavy atom. The van der Waals surface area contributed by atoms with Crippen LogP contribution in [0.5, 0.6) is 0 Å². The lowest BCUT2D eigenvalue weighted by atomic mass is 9.87. The maximum Gasteiger partial charge on any atom is 0.0594 e. The van der Waals surface area contributed by atoms with Gasteiger partial charge < -0.3 is 10.5 Å². The highest BCUT2D eigenvalue weighted by atomic mass is 16.5. The van der Waals surface area contributed by atoms with Gasteiger partial charge in [-0.2, -0.15) is 0 Å². The number of benzene rings is 1. The van der Waals surface area contributed by atoms with Crippen molar-refractivity contribution in [1.82, 2.24) is 4.90 Å². The van der Waals surface area contributed by atoms with Gasteiger partial charge in [-0.25, -0.2) is 0 Å². The van der Waals surface area contributed by atoms with Gasteiger partial charge in [0.15, 0.2) is 0 Å². The largest absolute Gasteiger partial charge is 0.379 e. The topological polar surface area (TPSA) is 38.5 Å². The number of ether oxygens (including phenoxy) is 1. The number of hydrogen-bond donors (Lipinski definition) is 1. The van der Waals surface area contributed by atoms with E-state index < -0.39 is 0 Å². The second kappa shape index (κ2) is 5.39. The second-order valence-electron chi connectivity index (χ2n) is 5.64. The summed E-state index contributed by atoms with van der Waals surface area (Å²) in [5.41, 5.74) is 8.91. The smallest absolute Gasteiger partial charge is 0.0594 e. The molecule has 1 aromatic rings. The van der Waals surface area contributed by atoms with Gasteiger partial charge in [0, 0.05) is 24.7 Å². The third-order valence-electron chi connectivity index (χ3n) is 4.02. The van der Waals surface area contributed by atoms with Gasteiger partial charge in [-0.05, 0) is 26.3 Å². The van der Waals surface area contributed by atoms with Crippen molar-refractivity contribution in [3.8, 4) is 0 Å². The zero-order valence-corrected chi connectivity index (χ0v) is 11.6. The highest BCUT2D eigenvalue weighted by molar-refractivity contribution is 5.26. The van der Waals surface area contributed by atoms with Crippen molar-refractivity contribution >= 4 is 0 Å². The summed E-state index contributed by atoms with van der Waals surface area (Å²) in [6.45, 7) is 10.1. The Kier molecular flexibility index (Phi) is 4.05. The molecule has 100 valence electrons. The van der Waals surface area contributed by atoms with Gasteiger partial charge in [0.05, 0.1) is 13.2 Å². The molecule has 1 aliphatic heterocycles. The average molecular weight is 248 g/mol. The zero-order chi connectivity index (χ0) is 13.2. The molecule has 3 nitrogen and oxygen atoms in total. The number of nitrogens with zero attached hydrogens (tertiary/aromatic N) is 1. The first-order chi connectivity index (χ1) is 8.51. The van der Waals surface area contributed by atoms with Crippen molar-refractivity contribution < 1.29 is 4.74 Å². The van der Waals surface area contributed by atoms with Crippen molar-refractivity contribution in [2.45, 2.75) is 32.4 Å².